The number of nitrogens with zero attached hydrogens (tertiary/aromatic N) is 2. The van der Waals surface area contributed by atoms with Gasteiger partial charge in [-0.1, -0.05) is 12.1 Å². The summed E-state index contributed by atoms with van der Waals surface area (Å²) in [5.74, 6) is 0.0901. The SMILES string of the molecule is CC(=O)N(C)Cc1ccc(N2CCOCC2)cc1. The molecule has 1 saturated heterocycles. The number of amides is 1. The highest BCUT2D eigenvalue weighted by Gasteiger charge is 2.11. The van der Waals surface area contributed by atoms with Gasteiger partial charge in [-0.2, -0.15) is 0 Å². The summed E-state index contributed by atoms with van der Waals surface area (Å²) in [6.45, 7) is 5.75. The Labute approximate surface area is 108 Å². The molecule has 0 N–H and O–H groups in total. The summed E-state index contributed by atoms with van der Waals surface area (Å²) in [5, 5.41) is 0. The monoisotopic (exact) mass is 248 g/mol. The van der Waals surface area contributed by atoms with Crippen molar-refractivity contribution in [2.24, 2.45) is 0 Å². The van der Waals surface area contributed by atoms with Gasteiger partial charge >= 0.3 is 0 Å². The van der Waals surface area contributed by atoms with E-state index < -0.39 is 0 Å². The summed E-state index contributed by atoms with van der Waals surface area (Å²) >= 11 is 0. The molecule has 1 aromatic carbocycles. The minimum Gasteiger partial charge on any atom is -0.378 e. The smallest absolute Gasteiger partial charge is 0.219 e. The van der Waals surface area contributed by atoms with Gasteiger partial charge in [0.05, 0.1) is 13.2 Å². The Bertz CT molecular complexity index is 397. The highest BCUT2D eigenvalue weighted by molar-refractivity contribution is 5.72. The molecule has 1 heterocycles. The maximum atomic E-state index is 11.2. The first-order valence-electron chi connectivity index (χ1n) is 6.30. The zero-order valence-electron chi connectivity index (χ0n) is 11.1. The number of hydrogen-bond acceptors (Lipinski definition) is 3. The number of rotatable bonds is 3. The second-order valence-electron chi connectivity index (χ2n) is 4.64. The molecule has 0 spiro atoms. The molecule has 98 valence electrons. The van der Waals surface area contributed by atoms with Crippen LogP contribution in [-0.4, -0.2) is 44.2 Å². The van der Waals surface area contributed by atoms with E-state index in [1.807, 2.05) is 7.05 Å². The molecular weight excluding hydrogens is 228 g/mol. The van der Waals surface area contributed by atoms with Gasteiger partial charge in [-0.25, -0.2) is 0 Å². The molecule has 1 aliphatic heterocycles. The Morgan fingerprint density at radius 1 is 1.28 bits per heavy atom. The van der Waals surface area contributed by atoms with E-state index in [4.69, 9.17) is 4.74 Å². The normalized spacial score (nSPS) is 15.6. The highest BCUT2D eigenvalue weighted by Crippen LogP contribution is 2.17. The van der Waals surface area contributed by atoms with Crippen LogP contribution in [0.1, 0.15) is 12.5 Å². The van der Waals surface area contributed by atoms with Crippen molar-refractivity contribution in [1.29, 1.82) is 0 Å². The number of hydrogen-bond donors (Lipinski definition) is 0. The van der Waals surface area contributed by atoms with Gasteiger partial charge in [0.1, 0.15) is 0 Å². The first-order chi connectivity index (χ1) is 8.66. The zero-order chi connectivity index (χ0) is 13.0. The lowest BCUT2D eigenvalue weighted by molar-refractivity contribution is -0.128. The molecule has 4 nitrogen and oxygen atoms in total. The van der Waals surface area contributed by atoms with Crippen molar-refractivity contribution >= 4 is 11.6 Å². The van der Waals surface area contributed by atoms with Crippen LogP contribution in [0.3, 0.4) is 0 Å². The van der Waals surface area contributed by atoms with Crippen LogP contribution < -0.4 is 4.90 Å². The van der Waals surface area contributed by atoms with Crippen LogP contribution in [0.5, 0.6) is 0 Å². The maximum absolute atomic E-state index is 11.2. The van der Waals surface area contributed by atoms with Crippen molar-refractivity contribution < 1.29 is 9.53 Å². The Balaban J connectivity index is 1.98. The molecule has 0 unspecified atom stereocenters. The quantitative estimate of drug-likeness (QED) is 0.812. The number of ether oxygens (including phenoxy) is 1. The zero-order valence-corrected chi connectivity index (χ0v) is 11.1. The second kappa shape index (κ2) is 5.87. The molecule has 0 atom stereocenters. The topological polar surface area (TPSA) is 32.8 Å². The van der Waals surface area contributed by atoms with Gasteiger partial charge in [0, 0.05) is 39.3 Å². The lowest BCUT2D eigenvalue weighted by Crippen LogP contribution is -2.36. The van der Waals surface area contributed by atoms with E-state index in [2.05, 4.69) is 29.2 Å². The first-order valence-corrected chi connectivity index (χ1v) is 6.30. The molecule has 1 aromatic rings. The molecule has 0 radical (unpaired) electrons. The molecule has 18 heavy (non-hydrogen) atoms. The average molecular weight is 248 g/mol. The Kier molecular flexibility index (Phi) is 4.20. The summed E-state index contributed by atoms with van der Waals surface area (Å²) in [4.78, 5) is 15.2. The van der Waals surface area contributed by atoms with Gasteiger partial charge in [0.15, 0.2) is 0 Å². The van der Waals surface area contributed by atoms with Gasteiger partial charge in [0.25, 0.3) is 0 Å². The maximum Gasteiger partial charge on any atom is 0.219 e. The lowest BCUT2D eigenvalue weighted by atomic mass is 10.2. The summed E-state index contributed by atoms with van der Waals surface area (Å²) in [6.07, 6.45) is 0. The van der Waals surface area contributed by atoms with E-state index in [9.17, 15) is 4.79 Å². The number of carbonyl (C=O) groups excluding carboxylic acids is 1. The predicted octanol–water partition coefficient (Wildman–Crippen LogP) is 1.50. The molecule has 4 heteroatoms. The van der Waals surface area contributed by atoms with Crippen molar-refractivity contribution in [3.63, 3.8) is 0 Å². The van der Waals surface area contributed by atoms with Crippen LogP contribution in [0.2, 0.25) is 0 Å². The number of carbonyl (C=O) groups is 1. The fourth-order valence-electron chi connectivity index (χ4n) is 2.02. The third kappa shape index (κ3) is 3.23. The summed E-state index contributed by atoms with van der Waals surface area (Å²) in [5.41, 5.74) is 2.39. The van der Waals surface area contributed by atoms with E-state index in [0.717, 1.165) is 31.9 Å². The number of anilines is 1. The van der Waals surface area contributed by atoms with Gasteiger partial charge < -0.3 is 14.5 Å². The molecule has 1 amide bonds. The fraction of sp³-hybridized carbons (Fsp3) is 0.500. The van der Waals surface area contributed by atoms with Crippen molar-refractivity contribution in [2.75, 3.05) is 38.3 Å². The first kappa shape index (κ1) is 12.9. The average Bonchev–Trinajstić information content (AvgIpc) is 2.40. The third-order valence-electron chi connectivity index (χ3n) is 3.27. The minimum atomic E-state index is 0.0901. The van der Waals surface area contributed by atoms with Crippen LogP contribution in [0.4, 0.5) is 5.69 Å². The fourth-order valence-corrected chi connectivity index (χ4v) is 2.02. The Hall–Kier alpha value is -1.55. The van der Waals surface area contributed by atoms with E-state index in [0.29, 0.717) is 6.54 Å². The Morgan fingerprint density at radius 3 is 2.44 bits per heavy atom. The van der Waals surface area contributed by atoms with Gasteiger partial charge in [-0.05, 0) is 17.7 Å². The third-order valence-corrected chi connectivity index (χ3v) is 3.27. The molecule has 1 fully saturated rings. The molecule has 0 aromatic heterocycles. The second-order valence-corrected chi connectivity index (χ2v) is 4.64. The van der Waals surface area contributed by atoms with Crippen molar-refractivity contribution in [1.82, 2.24) is 4.90 Å². The minimum absolute atomic E-state index is 0.0901. The van der Waals surface area contributed by atoms with Crippen LogP contribution in [-0.2, 0) is 16.1 Å². The van der Waals surface area contributed by atoms with E-state index >= 15 is 0 Å². The summed E-state index contributed by atoms with van der Waals surface area (Å²) in [6, 6.07) is 8.41. The van der Waals surface area contributed by atoms with Crippen molar-refractivity contribution in [3.05, 3.63) is 29.8 Å². The van der Waals surface area contributed by atoms with E-state index in [1.54, 1.807) is 11.8 Å². The van der Waals surface area contributed by atoms with E-state index in [-0.39, 0.29) is 5.91 Å². The molecule has 0 aliphatic carbocycles. The van der Waals surface area contributed by atoms with Crippen LogP contribution in [0.15, 0.2) is 24.3 Å². The molecule has 2 rings (SSSR count). The van der Waals surface area contributed by atoms with Gasteiger partial charge in [-0.15, -0.1) is 0 Å². The largest absolute Gasteiger partial charge is 0.378 e. The van der Waals surface area contributed by atoms with Gasteiger partial charge in [-0.3, -0.25) is 4.79 Å². The van der Waals surface area contributed by atoms with E-state index in [1.165, 1.54) is 5.69 Å². The standard InChI is InChI=1S/C14H20N2O2/c1-12(17)15(2)11-13-3-5-14(6-4-13)16-7-9-18-10-8-16/h3-6H,7-11H2,1-2H3. The highest BCUT2D eigenvalue weighted by atomic mass is 16.5. The number of benzene rings is 1. The predicted molar refractivity (Wildman–Crippen MR) is 71.6 cm³/mol. The van der Waals surface area contributed by atoms with Crippen molar-refractivity contribution in [2.45, 2.75) is 13.5 Å². The van der Waals surface area contributed by atoms with Crippen LogP contribution in [0.25, 0.3) is 0 Å². The van der Waals surface area contributed by atoms with Crippen LogP contribution in [0, 0.1) is 0 Å². The summed E-state index contributed by atoms with van der Waals surface area (Å²) in [7, 11) is 1.82. The Morgan fingerprint density at radius 2 is 1.89 bits per heavy atom. The number of morpholine rings is 1. The van der Waals surface area contributed by atoms with Crippen LogP contribution >= 0.6 is 0 Å². The lowest BCUT2D eigenvalue weighted by Gasteiger charge is -2.29. The van der Waals surface area contributed by atoms with Gasteiger partial charge in [0.2, 0.25) is 5.91 Å². The van der Waals surface area contributed by atoms with Crippen molar-refractivity contribution in [3.8, 4) is 0 Å². The molecular formula is C14H20N2O2. The molecule has 0 bridgehead atoms. The molecule has 0 saturated carbocycles. The summed E-state index contributed by atoms with van der Waals surface area (Å²) < 4.78 is 5.34. The molecule has 1 aliphatic rings.